The standard InChI is InChI=1S/C74H47NO2/c1-2-18-48(19-3-1)49-36-38-50(39-37-49)51-40-43-54(44-41-51)75(67-31-17-30-65-72(67)58-23-5-7-25-60(58)73(65)61-26-8-12-32-68(61)76-69-33-13-9-27-62(69)73)55-21-16-20-52(46-55)53-42-45-57-56-22-4-6-24-59(56)74(66(57)47-53)63-28-10-14-34-70(63)77-71-35-15-11-29-64(71)74/h1-47H. The molecule has 12 aromatic rings. The lowest BCUT2D eigenvalue weighted by Crippen LogP contribution is -2.32. The molecule has 12 aromatic carbocycles. The Hall–Kier alpha value is -9.96. The van der Waals surface area contributed by atoms with Gasteiger partial charge in [-0.2, -0.15) is 0 Å². The topological polar surface area (TPSA) is 21.7 Å². The highest BCUT2D eigenvalue weighted by Gasteiger charge is 2.53. The van der Waals surface area contributed by atoms with Gasteiger partial charge >= 0.3 is 0 Å². The predicted octanol–water partition coefficient (Wildman–Crippen LogP) is 19.1. The molecule has 0 N–H and O–H groups in total. The van der Waals surface area contributed by atoms with Crippen molar-refractivity contribution in [3.63, 3.8) is 0 Å². The summed E-state index contributed by atoms with van der Waals surface area (Å²) in [4.78, 5) is 2.48. The molecule has 0 fully saturated rings. The van der Waals surface area contributed by atoms with E-state index in [-0.39, 0.29) is 0 Å². The Morgan fingerprint density at radius 2 is 0.623 bits per heavy atom. The summed E-state index contributed by atoms with van der Waals surface area (Å²) in [5.41, 5.74) is 23.6. The molecule has 4 aliphatic rings. The maximum atomic E-state index is 6.74. The Balaban J connectivity index is 0.895. The van der Waals surface area contributed by atoms with Gasteiger partial charge in [-0.15, -0.1) is 0 Å². The molecular formula is C74H47NO2. The van der Waals surface area contributed by atoms with Gasteiger partial charge in [-0.05, 0) is 133 Å². The Morgan fingerprint density at radius 1 is 0.234 bits per heavy atom. The Bertz CT molecular complexity index is 4250. The minimum Gasteiger partial charge on any atom is -0.457 e. The van der Waals surface area contributed by atoms with E-state index in [2.05, 4.69) is 290 Å². The van der Waals surface area contributed by atoms with Gasteiger partial charge in [0.25, 0.3) is 0 Å². The number of anilines is 3. The highest BCUT2D eigenvalue weighted by molar-refractivity contribution is 5.99. The minimum absolute atomic E-state index is 0.573. The highest BCUT2D eigenvalue weighted by atomic mass is 16.5. The van der Waals surface area contributed by atoms with Gasteiger partial charge in [-0.1, -0.05) is 224 Å². The molecule has 0 atom stereocenters. The van der Waals surface area contributed by atoms with Gasteiger partial charge in [-0.25, -0.2) is 0 Å². The number of hydrogen-bond acceptors (Lipinski definition) is 3. The lowest BCUT2D eigenvalue weighted by atomic mass is 9.66. The van der Waals surface area contributed by atoms with Crippen LogP contribution in [0.3, 0.4) is 0 Å². The van der Waals surface area contributed by atoms with E-state index >= 15 is 0 Å². The quantitative estimate of drug-likeness (QED) is 0.166. The summed E-state index contributed by atoms with van der Waals surface area (Å²) in [7, 11) is 0. The van der Waals surface area contributed by atoms with Crippen LogP contribution >= 0.6 is 0 Å². The molecule has 2 aliphatic heterocycles. The molecule has 2 spiro atoms. The third-order valence-electron chi connectivity index (χ3n) is 16.8. The van der Waals surface area contributed by atoms with Crippen LogP contribution in [0.25, 0.3) is 55.6 Å². The Labute approximate surface area is 448 Å². The SMILES string of the molecule is c1ccc(-c2ccc(-c3ccc(N(c4cccc(-c5ccc6c(c5)C5(c7ccccc7Oc7ccccc75)c5ccccc5-6)c4)c4cccc5c4-c4ccccc4C54c5ccccc5Oc5ccccc54)cc3)cc2)cc1. The van der Waals surface area contributed by atoms with Crippen LogP contribution in [0.5, 0.6) is 23.0 Å². The molecule has 0 radical (unpaired) electrons. The number of ether oxygens (including phenoxy) is 2. The first-order chi connectivity index (χ1) is 38.2. The molecule has 2 heterocycles. The molecule has 0 amide bonds. The van der Waals surface area contributed by atoms with E-state index in [1.165, 1.54) is 61.2 Å². The van der Waals surface area contributed by atoms with Crippen LogP contribution < -0.4 is 14.4 Å². The fourth-order valence-electron chi connectivity index (χ4n) is 13.6. The number of rotatable bonds is 6. The van der Waals surface area contributed by atoms with E-state index in [4.69, 9.17) is 9.47 Å². The smallest absolute Gasteiger partial charge is 0.132 e. The second kappa shape index (κ2) is 16.8. The van der Waals surface area contributed by atoms with Crippen molar-refractivity contribution in [1.29, 1.82) is 0 Å². The second-order valence-electron chi connectivity index (χ2n) is 20.6. The monoisotopic (exact) mass is 981 g/mol. The molecule has 0 saturated heterocycles. The number of fused-ring (bicyclic) bond motifs is 18. The van der Waals surface area contributed by atoms with Gasteiger partial charge in [0.05, 0.1) is 16.5 Å². The third kappa shape index (κ3) is 6.20. The molecule has 0 aromatic heterocycles. The summed E-state index contributed by atoms with van der Waals surface area (Å²) in [5.74, 6) is 3.53. The van der Waals surface area contributed by atoms with Crippen LogP contribution in [0.1, 0.15) is 44.5 Å². The molecule has 2 aliphatic carbocycles. The van der Waals surface area contributed by atoms with Crippen molar-refractivity contribution < 1.29 is 9.47 Å². The predicted molar refractivity (Wildman–Crippen MR) is 312 cm³/mol. The molecule has 3 nitrogen and oxygen atoms in total. The maximum Gasteiger partial charge on any atom is 0.132 e. The first-order valence-electron chi connectivity index (χ1n) is 26.6. The molecule has 3 heteroatoms. The van der Waals surface area contributed by atoms with Crippen molar-refractivity contribution in [2.75, 3.05) is 4.90 Å². The third-order valence-corrected chi connectivity index (χ3v) is 16.8. The number of hydrogen-bond donors (Lipinski definition) is 0. The zero-order valence-electron chi connectivity index (χ0n) is 41.9. The van der Waals surface area contributed by atoms with Crippen LogP contribution in [-0.4, -0.2) is 0 Å². The van der Waals surface area contributed by atoms with E-state index in [9.17, 15) is 0 Å². The van der Waals surface area contributed by atoms with Crippen LogP contribution in [0.15, 0.2) is 285 Å². The molecule has 0 unspecified atom stereocenters. The van der Waals surface area contributed by atoms with Crippen LogP contribution in [-0.2, 0) is 10.8 Å². The molecule has 360 valence electrons. The zero-order chi connectivity index (χ0) is 50.7. The van der Waals surface area contributed by atoms with Gasteiger partial charge in [0.1, 0.15) is 23.0 Å². The van der Waals surface area contributed by atoms with E-state index in [1.807, 2.05) is 0 Å². The van der Waals surface area contributed by atoms with Gasteiger partial charge in [-0.3, -0.25) is 0 Å². The number of para-hydroxylation sites is 4. The number of nitrogens with zero attached hydrogens (tertiary/aromatic N) is 1. The second-order valence-corrected chi connectivity index (χ2v) is 20.6. The summed E-state index contributed by atoms with van der Waals surface area (Å²) in [5, 5.41) is 0. The minimum atomic E-state index is -0.615. The summed E-state index contributed by atoms with van der Waals surface area (Å²) in [6.07, 6.45) is 0. The lowest BCUT2D eigenvalue weighted by Gasteiger charge is -2.39. The summed E-state index contributed by atoms with van der Waals surface area (Å²) >= 11 is 0. The fourth-order valence-corrected chi connectivity index (χ4v) is 13.6. The first kappa shape index (κ1) is 43.4. The lowest BCUT2D eigenvalue weighted by molar-refractivity contribution is 0.436. The Kier molecular flexibility index (Phi) is 9.47. The van der Waals surface area contributed by atoms with Gasteiger partial charge in [0.15, 0.2) is 0 Å². The zero-order valence-corrected chi connectivity index (χ0v) is 41.9. The van der Waals surface area contributed by atoms with Crippen LogP contribution in [0.4, 0.5) is 17.1 Å². The van der Waals surface area contributed by atoms with Gasteiger partial charge in [0.2, 0.25) is 0 Å². The van der Waals surface area contributed by atoms with E-state index in [0.29, 0.717) is 0 Å². The normalized spacial score (nSPS) is 13.9. The molecule has 0 saturated carbocycles. The maximum absolute atomic E-state index is 6.74. The summed E-state index contributed by atoms with van der Waals surface area (Å²) in [6, 6.07) is 104. The van der Waals surface area contributed by atoms with Crippen LogP contribution in [0.2, 0.25) is 0 Å². The van der Waals surface area contributed by atoms with Crippen molar-refractivity contribution in [2.45, 2.75) is 10.8 Å². The van der Waals surface area contributed by atoms with Crippen molar-refractivity contribution in [3.8, 4) is 78.6 Å². The van der Waals surface area contributed by atoms with Crippen molar-refractivity contribution in [2.24, 2.45) is 0 Å². The van der Waals surface area contributed by atoms with Crippen molar-refractivity contribution in [3.05, 3.63) is 330 Å². The van der Waals surface area contributed by atoms with Gasteiger partial charge in [0, 0.05) is 39.2 Å². The Morgan fingerprint density at radius 3 is 1.21 bits per heavy atom. The summed E-state index contributed by atoms with van der Waals surface area (Å²) in [6.45, 7) is 0. The van der Waals surface area contributed by atoms with E-state index in [1.54, 1.807) is 0 Å². The molecule has 77 heavy (non-hydrogen) atoms. The fraction of sp³-hybridized carbons (Fsp3) is 0.0270. The van der Waals surface area contributed by atoms with Crippen molar-refractivity contribution in [1.82, 2.24) is 0 Å². The van der Waals surface area contributed by atoms with E-state index < -0.39 is 10.8 Å². The van der Waals surface area contributed by atoms with Gasteiger partial charge < -0.3 is 14.4 Å². The summed E-state index contributed by atoms with van der Waals surface area (Å²) < 4.78 is 13.4. The van der Waals surface area contributed by atoms with Crippen LogP contribution in [0, 0.1) is 0 Å². The molecular weight excluding hydrogens is 935 g/mol. The van der Waals surface area contributed by atoms with E-state index in [0.717, 1.165) is 79.0 Å². The average Bonchev–Trinajstić information content (AvgIpc) is 3.73. The number of benzene rings is 12. The van der Waals surface area contributed by atoms with Crippen molar-refractivity contribution >= 4 is 17.1 Å². The highest BCUT2D eigenvalue weighted by Crippen LogP contribution is 2.65. The first-order valence-corrected chi connectivity index (χ1v) is 26.6. The largest absolute Gasteiger partial charge is 0.457 e. The molecule has 16 rings (SSSR count). The molecule has 0 bridgehead atoms. The average molecular weight is 982 g/mol.